The van der Waals surface area contributed by atoms with Gasteiger partial charge in [0, 0.05) is 30.5 Å². The maximum absolute atomic E-state index is 12.3. The molecule has 1 amide bonds. The zero-order valence-electron chi connectivity index (χ0n) is 14.5. The number of likely N-dealkylation sites (tertiary alicyclic amines) is 1. The SMILES string of the molecule is CC(C)(C)OC(=O)N1CCC2(CC1)CC(C#N)Oc1ccccc12. The highest BCUT2D eigenvalue weighted by Gasteiger charge is 2.44. The van der Waals surface area contributed by atoms with E-state index in [1.165, 1.54) is 5.56 Å². The Kier molecular flexibility index (Phi) is 4.16. The first-order valence-corrected chi connectivity index (χ1v) is 8.47. The van der Waals surface area contributed by atoms with Crippen LogP contribution in [0.5, 0.6) is 5.75 Å². The molecule has 24 heavy (non-hydrogen) atoms. The Morgan fingerprint density at radius 3 is 2.62 bits per heavy atom. The number of amides is 1. The van der Waals surface area contributed by atoms with Gasteiger partial charge in [-0.2, -0.15) is 5.26 Å². The van der Waals surface area contributed by atoms with Gasteiger partial charge in [0.15, 0.2) is 6.10 Å². The zero-order chi connectivity index (χ0) is 17.4. The molecule has 1 aromatic carbocycles. The van der Waals surface area contributed by atoms with Gasteiger partial charge in [-0.15, -0.1) is 0 Å². The molecule has 1 unspecified atom stereocenters. The molecule has 5 heteroatoms. The van der Waals surface area contributed by atoms with Crippen LogP contribution in [0.2, 0.25) is 0 Å². The molecular weight excluding hydrogens is 304 g/mol. The third-order valence-electron chi connectivity index (χ3n) is 4.82. The molecular formula is C19H24N2O3. The van der Waals surface area contributed by atoms with Crippen molar-refractivity contribution in [2.24, 2.45) is 0 Å². The first-order chi connectivity index (χ1) is 11.3. The zero-order valence-corrected chi connectivity index (χ0v) is 14.5. The molecule has 0 saturated carbocycles. The van der Waals surface area contributed by atoms with E-state index < -0.39 is 11.7 Å². The minimum atomic E-state index is -0.483. The lowest BCUT2D eigenvalue weighted by Crippen LogP contribution is -2.49. The predicted octanol–water partition coefficient (Wildman–Crippen LogP) is 3.63. The average molecular weight is 328 g/mol. The number of carbonyl (C=O) groups excluding carboxylic acids is 1. The Morgan fingerprint density at radius 2 is 2.00 bits per heavy atom. The molecule has 0 aromatic heterocycles. The maximum Gasteiger partial charge on any atom is 0.410 e. The number of piperidine rings is 1. The topological polar surface area (TPSA) is 62.6 Å². The fourth-order valence-electron chi connectivity index (χ4n) is 3.66. The summed E-state index contributed by atoms with van der Waals surface area (Å²) in [7, 11) is 0. The lowest BCUT2D eigenvalue weighted by atomic mass is 9.68. The van der Waals surface area contributed by atoms with Crippen LogP contribution in [0.25, 0.3) is 0 Å². The van der Waals surface area contributed by atoms with Gasteiger partial charge in [0.2, 0.25) is 0 Å². The molecule has 2 heterocycles. The van der Waals surface area contributed by atoms with Crippen LogP contribution in [0.1, 0.15) is 45.6 Å². The summed E-state index contributed by atoms with van der Waals surface area (Å²) in [5.74, 6) is 0.806. The molecule has 0 aliphatic carbocycles. The van der Waals surface area contributed by atoms with Crippen LogP contribution in [0.15, 0.2) is 24.3 Å². The summed E-state index contributed by atoms with van der Waals surface area (Å²) >= 11 is 0. The highest BCUT2D eigenvalue weighted by molar-refractivity contribution is 5.68. The fourth-order valence-corrected chi connectivity index (χ4v) is 3.66. The average Bonchev–Trinajstić information content (AvgIpc) is 2.54. The second-order valence-corrected chi connectivity index (χ2v) is 7.68. The van der Waals surface area contributed by atoms with E-state index in [9.17, 15) is 10.1 Å². The van der Waals surface area contributed by atoms with Gasteiger partial charge in [0.1, 0.15) is 17.4 Å². The molecule has 0 bridgehead atoms. The van der Waals surface area contributed by atoms with Crippen molar-refractivity contribution in [2.45, 2.75) is 57.2 Å². The summed E-state index contributed by atoms with van der Waals surface area (Å²) in [5.41, 5.74) is 0.595. The predicted molar refractivity (Wildman–Crippen MR) is 89.8 cm³/mol. The second-order valence-electron chi connectivity index (χ2n) is 7.68. The lowest BCUT2D eigenvalue weighted by molar-refractivity contribution is 0.0126. The summed E-state index contributed by atoms with van der Waals surface area (Å²) in [6, 6.07) is 10.2. The van der Waals surface area contributed by atoms with E-state index in [1.54, 1.807) is 4.90 Å². The Balaban J connectivity index is 1.77. The van der Waals surface area contributed by atoms with Crippen molar-refractivity contribution in [3.05, 3.63) is 29.8 Å². The molecule has 1 fully saturated rings. The van der Waals surface area contributed by atoms with E-state index in [4.69, 9.17) is 9.47 Å². The van der Waals surface area contributed by atoms with Gasteiger partial charge in [-0.1, -0.05) is 18.2 Å². The van der Waals surface area contributed by atoms with Gasteiger partial charge in [-0.05, 0) is 39.7 Å². The van der Waals surface area contributed by atoms with Crippen LogP contribution in [-0.4, -0.2) is 35.8 Å². The largest absolute Gasteiger partial charge is 0.475 e. The summed E-state index contributed by atoms with van der Waals surface area (Å²) in [4.78, 5) is 14.1. The normalized spacial score (nSPS) is 22.2. The monoisotopic (exact) mass is 328 g/mol. The summed E-state index contributed by atoms with van der Waals surface area (Å²) in [6.45, 7) is 6.91. The van der Waals surface area contributed by atoms with Crippen LogP contribution >= 0.6 is 0 Å². The lowest BCUT2D eigenvalue weighted by Gasteiger charge is -2.46. The summed E-state index contributed by atoms with van der Waals surface area (Å²) in [5, 5.41) is 9.34. The number of fused-ring (bicyclic) bond motifs is 2. The van der Waals surface area contributed by atoms with E-state index in [2.05, 4.69) is 12.1 Å². The molecule has 1 aromatic rings. The van der Waals surface area contributed by atoms with Gasteiger partial charge in [0.05, 0.1) is 0 Å². The van der Waals surface area contributed by atoms with E-state index in [1.807, 2.05) is 39.0 Å². The van der Waals surface area contributed by atoms with Gasteiger partial charge >= 0.3 is 6.09 Å². The van der Waals surface area contributed by atoms with E-state index in [-0.39, 0.29) is 11.5 Å². The van der Waals surface area contributed by atoms with Crippen molar-refractivity contribution in [1.82, 2.24) is 4.90 Å². The molecule has 0 radical (unpaired) electrons. The van der Waals surface area contributed by atoms with E-state index in [0.29, 0.717) is 19.5 Å². The molecule has 5 nitrogen and oxygen atoms in total. The van der Waals surface area contributed by atoms with Crippen LogP contribution in [0, 0.1) is 11.3 Å². The number of benzene rings is 1. The number of nitriles is 1. The minimum Gasteiger partial charge on any atom is -0.475 e. The molecule has 1 spiro atoms. The fraction of sp³-hybridized carbons (Fsp3) is 0.579. The van der Waals surface area contributed by atoms with Gasteiger partial charge in [-0.3, -0.25) is 0 Å². The molecule has 1 atom stereocenters. The number of nitrogens with zero attached hydrogens (tertiary/aromatic N) is 2. The van der Waals surface area contributed by atoms with Gasteiger partial charge < -0.3 is 14.4 Å². The van der Waals surface area contributed by atoms with Crippen molar-refractivity contribution in [3.63, 3.8) is 0 Å². The van der Waals surface area contributed by atoms with Gasteiger partial charge in [0.25, 0.3) is 0 Å². The van der Waals surface area contributed by atoms with Gasteiger partial charge in [-0.25, -0.2) is 4.79 Å². The van der Waals surface area contributed by atoms with E-state index in [0.717, 1.165) is 18.6 Å². The summed E-state index contributed by atoms with van der Waals surface area (Å²) < 4.78 is 11.3. The second kappa shape index (κ2) is 6.01. The Hall–Kier alpha value is -2.22. The van der Waals surface area contributed by atoms with Crippen LogP contribution in [-0.2, 0) is 10.2 Å². The van der Waals surface area contributed by atoms with Crippen LogP contribution in [0.3, 0.4) is 0 Å². The van der Waals surface area contributed by atoms with Crippen LogP contribution < -0.4 is 4.74 Å². The number of hydrogen-bond donors (Lipinski definition) is 0. The third kappa shape index (κ3) is 3.19. The first-order valence-electron chi connectivity index (χ1n) is 8.47. The van der Waals surface area contributed by atoms with Crippen molar-refractivity contribution in [1.29, 1.82) is 5.26 Å². The number of ether oxygens (including phenoxy) is 2. The number of rotatable bonds is 0. The molecule has 0 N–H and O–H groups in total. The van der Waals surface area contributed by atoms with Crippen molar-refractivity contribution in [2.75, 3.05) is 13.1 Å². The third-order valence-corrected chi connectivity index (χ3v) is 4.82. The van der Waals surface area contributed by atoms with Crippen LogP contribution in [0.4, 0.5) is 4.79 Å². The number of para-hydroxylation sites is 1. The molecule has 128 valence electrons. The molecule has 3 rings (SSSR count). The first kappa shape index (κ1) is 16.6. The smallest absolute Gasteiger partial charge is 0.410 e. The maximum atomic E-state index is 12.3. The number of carbonyl (C=O) groups is 1. The van der Waals surface area contributed by atoms with Crippen molar-refractivity contribution < 1.29 is 14.3 Å². The molecule has 2 aliphatic heterocycles. The van der Waals surface area contributed by atoms with Crippen molar-refractivity contribution >= 4 is 6.09 Å². The Labute approximate surface area is 143 Å². The number of hydrogen-bond acceptors (Lipinski definition) is 4. The summed E-state index contributed by atoms with van der Waals surface area (Å²) in [6.07, 6.45) is 1.65. The Bertz CT molecular complexity index is 664. The highest BCUT2D eigenvalue weighted by atomic mass is 16.6. The molecule has 1 saturated heterocycles. The van der Waals surface area contributed by atoms with E-state index >= 15 is 0 Å². The minimum absolute atomic E-state index is 0.0895. The standard InChI is InChI=1S/C19H24N2O3/c1-18(2,3)24-17(22)21-10-8-19(9-11-21)12-14(13-20)23-16-7-5-4-6-15(16)19/h4-7,14H,8-12H2,1-3H3. The quantitative estimate of drug-likeness (QED) is 0.729. The highest BCUT2D eigenvalue weighted by Crippen LogP contribution is 2.47. The van der Waals surface area contributed by atoms with Crippen molar-refractivity contribution in [3.8, 4) is 11.8 Å². The molecule has 2 aliphatic rings. The Morgan fingerprint density at radius 1 is 1.33 bits per heavy atom.